The first-order valence-corrected chi connectivity index (χ1v) is 4.80. The molecule has 20 heavy (non-hydrogen) atoms. The van der Waals surface area contributed by atoms with E-state index in [0.29, 0.717) is 23.0 Å². The molecule has 0 spiro atoms. The summed E-state index contributed by atoms with van der Waals surface area (Å²) in [6.07, 6.45) is -7.80. The summed E-state index contributed by atoms with van der Waals surface area (Å²) in [7, 11) is 0. The summed E-state index contributed by atoms with van der Waals surface area (Å²) in [6.45, 7) is 0. The van der Waals surface area contributed by atoms with Crippen molar-refractivity contribution in [2.75, 3.05) is 0 Å². The van der Waals surface area contributed by atoms with E-state index < -0.39 is 29.7 Å². The van der Waals surface area contributed by atoms with Crippen molar-refractivity contribution in [3.8, 4) is 0 Å². The van der Waals surface area contributed by atoms with E-state index in [2.05, 4.69) is 10.1 Å². The van der Waals surface area contributed by atoms with Gasteiger partial charge in [-0.1, -0.05) is 0 Å². The van der Waals surface area contributed by atoms with Gasteiger partial charge in [0, 0.05) is 12.4 Å². The highest BCUT2D eigenvalue weighted by molar-refractivity contribution is 5.97. The average molecular weight is 299 g/mol. The normalized spacial score (nSPS) is 14.0. The molecule has 1 aromatic rings. The number of hydrogen-bond acceptors (Lipinski definition) is 3. The fourth-order valence-corrected chi connectivity index (χ4v) is 0.945. The molecule has 0 aliphatic carbocycles. The van der Waals surface area contributed by atoms with Gasteiger partial charge in [0.15, 0.2) is 5.69 Å². The second kappa shape index (κ2) is 5.35. The summed E-state index contributed by atoms with van der Waals surface area (Å²) in [5, 5.41) is 9.64. The Morgan fingerprint density at radius 1 is 1.30 bits per heavy atom. The molecule has 0 unspecified atom stereocenters. The quantitative estimate of drug-likeness (QED) is 0.498. The molecule has 0 aliphatic heterocycles. The van der Waals surface area contributed by atoms with Crippen molar-refractivity contribution in [3.63, 3.8) is 0 Å². The summed E-state index contributed by atoms with van der Waals surface area (Å²) in [5.41, 5.74) is 2.33. The number of alkyl halides is 6. The van der Waals surface area contributed by atoms with Crippen LogP contribution >= 0.6 is 0 Å². The minimum absolute atomic E-state index is 0.307. The molecule has 5 nitrogen and oxygen atoms in total. The van der Waals surface area contributed by atoms with Gasteiger partial charge in [-0.25, -0.2) is 9.67 Å². The molecule has 0 fully saturated rings. The van der Waals surface area contributed by atoms with Crippen molar-refractivity contribution in [1.82, 2.24) is 9.78 Å². The van der Waals surface area contributed by atoms with Crippen LogP contribution in [0.4, 0.5) is 26.3 Å². The van der Waals surface area contributed by atoms with Gasteiger partial charge < -0.3 is 5.73 Å². The van der Waals surface area contributed by atoms with Crippen LogP contribution in [0.1, 0.15) is 5.69 Å². The smallest absolute Gasteiger partial charge is 0.368 e. The summed E-state index contributed by atoms with van der Waals surface area (Å²) >= 11 is 0. The molecule has 1 aromatic heterocycles. The molecule has 0 saturated heterocycles. The van der Waals surface area contributed by atoms with Crippen LogP contribution in [0, 0.1) is 5.41 Å². The van der Waals surface area contributed by atoms with Gasteiger partial charge >= 0.3 is 12.4 Å². The monoisotopic (exact) mass is 299 g/mol. The molecule has 1 rings (SSSR count). The first-order valence-electron chi connectivity index (χ1n) is 4.80. The Labute approximate surface area is 107 Å². The Morgan fingerprint density at radius 3 is 2.35 bits per heavy atom. The molecule has 1 heterocycles. The number of nitrogens with two attached hydrogens (primary N) is 1. The maximum absolute atomic E-state index is 12.2. The summed E-state index contributed by atoms with van der Waals surface area (Å²) in [6, 6.07) is 0.629. The number of aliphatic imine (C=N–C) groups is 1. The summed E-state index contributed by atoms with van der Waals surface area (Å²) < 4.78 is 73.0. The molecule has 0 amide bonds. The van der Waals surface area contributed by atoms with Gasteiger partial charge in [0.25, 0.3) is 0 Å². The van der Waals surface area contributed by atoms with Crippen LogP contribution in [0.15, 0.2) is 29.5 Å². The maximum Gasteiger partial charge on any atom is 0.435 e. The lowest BCUT2D eigenvalue weighted by Crippen LogP contribution is -2.23. The Bertz CT molecular complexity index is 550. The van der Waals surface area contributed by atoms with Crippen molar-refractivity contribution >= 4 is 11.7 Å². The Morgan fingerprint density at radius 2 is 1.90 bits per heavy atom. The zero-order chi connectivity index (χ0) is 15.6. The fraction of sp³-hybridized carbons (Fsp3) is 0.222. The van der Waals surface area contributed by atoms with Gasteiger partial charge in [0.05, 0.1) is 0 Å². The van der Waals surface area contributed by atoms with Gasteiger partial charge in [0.1, 0.15) is 5.71 Å². The van der Waals surface area contributed by atoms with Gasteiger partial charge in [0.2, 0.25) is 5.96 Å². The van der Waals surface area contributed by atoms with Crippen molar-refractivity contribution in [2.45, 2.75) is 12.4 Å². The first kappa shape index (κ1) is 15.7. The number of halogens is 6. The van der Waals surface area contributed by atoms with Gasteiger partial charge in [-0.2, -0.15) is 31.4 Å². The van der Waals surface area contributed by atoms with Crippen LogP contribution in [0.3, 0.4) is 0 Å². The van der Waals surface area contributed by atoms with E-state index in [0.717, 1.165) is 6.20 Å². The average Bonchev–Trinajstić information content (AvgIpc) is 2.76. The van der Waals surface area contributed by atoms with Gasteiger partial charge in [-0.05, 0) is 12.1 Å². The molecule has 0 bridgehead atoms. The highest BCUT2D eigenvalue weighted by Crippen LogP contribution is 2.27. The van der Waals surface area contributed by atoms with Crippen LogP contribution in [0.5, 0.6) is 0 Å². The van der Waals surface area contributed by atoms with Gasteiger partial charge in [-0.15, -0.1) is 0 Å². The molecule has 0 aromatic carbocycles. The topological polar surface area (TPSA) is 80.0 Å². The lowest BCUT2D eigenvalue weighted by atomic mass is 10.3. The predicted octanol–water partition coefficient (Wildman–Crippen LogP) is 2.16. The standard InChI is InChI=1S/C9H7F6N5/c10-8(11,12)5(16)1-3-18-7(17)20-4-2-6(19-20)9(13,14)15/h1-4,16H,(H2,17,18)/b3-1-,16-5?. The zero-order valence-electron chi connectivity index (χ0n) is 9.50. The largest absolute Gasteiger partial charge is 0.435 e. The lowest BCUT2D eigenvalue weighted by molar-refractivity contribution is -0.141. The number of hydrogen-bond donors (Lipinski definition) is 2. The van der Waals surface area contributed by atoms with E-state index in [9.17, 15) is 26.3 Å². The minimum atomic E-state index is -4.84. The van der Waals surface area contributed by atoms with E-state index in [1.807, 2.05) is 0 Å². The third-order valence-corrected chi connectivity index (χ3v) is 1.87. The molecule has 0 saturated carbocycles. The number of rotatable bonds is 2. The molecule has 0 aliphatic rings. The fourth-order valence-electron chi connectivity index (χ4n) is 0.945. The molecule has 3 N–H and O–H groups in total. The van der Waals surface area contributed by atoms with Gasteiger partial charge in [-0.3, -0.25) is 5.41 Å². The molecule has 0 radical (unpaired) electrons. The lowest BCUT2D eigenvalue weighted by Gasteiger charge is -2.02. The Kier molecular flexibility index (Phi) is 4.20. The van der Waals surface area contributed by atoms with E-state index in [1.54, 1.807) is 0 Å². The van der Waals surface area contributed by atoms with Crippen molar-refractivity contribution in [1.29, 1.82) is 5.41 Å². The van der Waals surface area contributed by atoms with Crippen LogP contribution in [-0.2, 0) is 6.18 Å². The van der Waals surface area contributed by atoms with E-state index in [-0.39, 0.29) is 0 Å². The summed E-state index contributed by atoms with van der Waals surface area (Å²) in [5.74, 6) is -0.577. The van der Waals surface area contributed by atoms with Crippen molar-refractivity contribution < 1.29 is 26.3 Å². The van der Waals surface area contributed by atoms with Crippen LogP contribution in [-0.4, -0.2) is 27.6 Å². The predicted molar refractivity (Wildman–Crippen MR) is 57.2 cm³/mol. The Balaban J connectivity index is 2.83. The Hall–Kier alpha value is -2.33. The molecular weight excluding hydrogens is 292 g/mol. The number of allylic oxidation sites excluding steroid dienone is 1. The molecule has 0 atom stereocenters. The van der Waals surface area contributed by atoms with E-state index >= 15 is 0 Å². The maximum atomic E-state index is 12.2. The molecule has 110 valence electrons. The van der Waals surface area contributed by atoms with Crippen LogP contribution in [0.25, 0.3) is 0 Å². The zero-order valence-corrected chi connectivity index (χ0v) is 9.50. The van der Waals surface area contributed by atoms with Crippen molar-refractivity contribution in [3.05, 3.63) is 30.2 Å². The van der Waals surface area contributed by atoms with Crippen LogP contribution < -0.4 is 5.73 Å². The number of nitrogens with one attached hydrogen (secondary N) is 1. The first-order chi connectivity index (χ1) is 9.01. The van der Waals surface area contributed by atoms with Crippen LogP contribution in [0.2, 0.25) is 0 Å². The number of nitrogens with zero attached hydrogens (tertiary/aromatic N) is 3. The highest BCUT2D eigenvalue weighted by atomic mass is 19.4. The second-order valence-corrected chi connectivity index (χ2v) is 3.36. The summed E-state index contributed by atoms with van der Waals surface area (Å²) in [4.78, 5) is 3.25. The highest BCUT2D eigenvalue weighted by Gasteiger charge is 2.34. The molecular formula is C9H7F6N5. The minimum Gasteiger partial charge on any atom is -0.368 e. The van der Waals surface area contributed by atoms with E-state index in [4.69, 9.17) is 11.1 Å². The van der Waals surface area contributed by atoms with Crippen molar-refractivity contribution in [2.24, 2.45) is 10.7 Å². The van der Waals surface area contributed by atoms with E-state index in [1.165, 1.54) is 0 Å². The SMILES string of the molecule is N=C(/C=C\N=C(N)n1ccc(C(F)(F)F)n1)C(F)(F)F. The number of aromatic nitrogens is 2. The second-order valence-electron chi connectivity index (χ2n) is 3.36. The third-order valence-electron chi connectivity index (χ3n) is 1.87. The third kappa shape index (κ3) is 4.10. The molecule has 11 heteroatoms.